The number of aromatic nitrogens is 1. The van der Waals surface area contributed by atoms with Crippen molar-refractivity contribution in [2.45, 2.75) is 51.2 Å². The van der Waals surface area contributed by atoms with E-state index in [2.05, 4.69) is 0 Å². The Bertz CT molecular complexity index is 1160. The molecule has 2 heterocycles. The normalized spacial score (nSPS) is 18.4. The second-order valence-electron chi connectivity index (χ2n) is 9.12. The van der Waals surface area contributed by atoms with Crippen LogP contribution < -0.4 is 16.0 Å². The van der Waals surface area contributed by atoms with E-state index in [1.807, 2.05) is 0 Å². The first-order valence-corrected chi connectivity index (χ1v) is 10.7. The maximum Gasteiger partial charge on any atom is 0.431 e. The number of halogens is 4. The number of pyridine rings is 1. The Labute approximate surface area is 198 Å². The highest BCUT2D eigenvalue weighted by Gasteiger charge is 2.38. The lowest BCUT2D eigenvalue weighted by Crippen LogP contribution is -2.42. The third-order valence-electron chi connectivity index (χ3n) is 5.19. The SMILES string of the molecule is CC(C)(C)OC(=O)N1C[C@H](F)C[C@H]1COc1ccc(-c2cc(C(N)=O)c(=O)[nH]c2C(F)(F)F)cc1. The summed E-state index contributed by atoms with van der Waals surface area (Å²) in [6, 6.07) is 5.57. The number of primary amides is 1. The second-order valence-corrected chi connectivity index (χ2v) is 9.12. The molecular formula is C23H25F4N3O5. The number of amides is 2. The summed E-state index contributed by atoms with van der Waals surface area (Å²) in [5, 5.41) is 0. The van der Waals surface area contributed by atoms with Gasteiger partial charge in [-0.2, -0.15) is 13.2 Å². The third kappa shape index (κ3) is 6.31. The van der Waals surface area contributed by atoms with Gasteiger partial charge in [-0.05, 0) is 44.5 Å². The summed E-state index contributed by atoms with van der Waals surface area (Å²) in [6.07, 6.45) is -6.74. The van der Waals surface area contributed by atoms with Crippen LogP contribution in [0.1, 0.15) is 43.2 Å². The molecule has 1 fully saturated rings. The fourth-order valence-electron chi connectivity index (χ4n) is 3.65. The number of rotatable bonds is 5. The fourth-order valence-corrected chi connectivity index (χ4v) is 3.65. The topological polar surface area (TPSA) is 115 Å². The predicted octanol–water partition coefficient (Wildman–Crippen LogP) is 3.89. The summed E-state index contributed by atoms with van der Waals surface area (Å²) in [6.45, 7) is 4.90. The molecule has 3 rings (SSSR count). The average Bonchev–Trinajstić information content (AvgIpc) is 3.11. The first-order valence-electron chi connectivity index (χ1n) is 10.7. The molecule has 35 heavy (non-hydrogen) atoms. The standard InChI is InChI=1S/C23H25F4N3O5/c1-22(2,3)35-21(33)30-10-13(24)8-14(30)11-34-15-6-4-12(5-7-15)16-9-17(19(28)31)20(32)29-18(16)23(25,26)27/h4-7,9,13-14H,8,10-11H2,1-3H3,(H2,28,31)(H,29,32)/t13-,14+/m1/s1. The quantitative estimate of drug-likeness (QED) is 0.606. The van der Waals surface area contributed by atoms with Gasteiger partial charge in [0.25, 0.3) is 11.5 Å². The first kappa shape index (κ1) is 26.0. The third-order valence-corrected chi connectivity index (χ3v) is 5.19. The zero-order valence-electron chi connectivity index (χ0n) is 19.2. The van der Waals surface area contributed by atoms with E-state index in [0.29, 0.717) is 0 Å². The van der Waals surface area contributed by atoms with E-state index >= 15 is 0 Å². The number of nitrogens with one attached hydrogen (secondary N) is 1. The van der Waals surface area contributed by atoms with Gasteiger partial charge in [-0.25, -0.2) is 9.18 Å². The van der Waals surface area contributed by atoms with Crippen LogP contribution in [0.25, 0.3) is 11.1 Å². The van der Waals surface area contributed by atoms with Crippen LogP contribution in [0.5, 0.6) is 5.75 Å². The van der Waals surface area contributed by atoms with E-state index in [-0.39, 0.29) is 30.9 Å². The molecule has 2 aromatic rings. The lowest BCUT2D eigenvalue weighted by Gasteiger charge is -2.28. The Morgan fingerprint density at radius 1 is 1.17 bits per heavy atom. The average molecular weight is 499 g/mol. The number of aromatic amines is 1. The van der Waals surface area contributed by atoms with Crippen LogP contribution in [-0.4, -0.2) is 52.9 Å². The van der Waals surface area contributed by atoms with Crippen molar-refractivity contribution < 1.29 is 36.6 Å². The zero-order valence-corrected chi connectivity index (χ0v) is 19.2. The minimum absolute atomic E-state index is 0.0449. The largest absolute Gasteiger partial charge is 0.491 e. The number of likely N-dealkylation sites (tertiary alicyclic amines) is 1. The van der Waals surface area contributed by atoms with Crippen LogP contribution in [0.4, 0.5) is 22.4 Å². The van der Waals surface area contributed by atoms with Crippen molar-refractivity contribution in [2.75, 3.05) is 13.2 Å². The number of hydrogen-bond donors (Lipinski definition) is 2. The predicted molar refractivity (Wildman–Crippen MR) is 118 cm³/mol. The summed E-state index contributed by atoms with van der Waals surface area (Å²) in [5.41, 5.74) is 0.766. The molecule has 3 N–H and O–H groups in total. The lowest BCUT2D eigenvalue weighted by atomic mass is 10.0. The molecule has 1 aromatic heterocycles. The second kappa shape index (κ2) is 9.59. The number of carbonyl (C=O) groups is 2. The number of alkyl halides is 4. The van der Waals surface area contributed by atoms with Crippen LogP contribution >= 0.6 is 0 Å². The van der Waals surface area contributed by atoms with Crippen LogP contribution in [0, 0.1) is 0 Å². The van der Waals surface area contributed by atoms with E-state index in [1.54, 1.807) is 25.8 Å². The number of carbonyl (C=O) groups excluding carboxylic acids is 2. The number of ether oxygens (including phenoxy) is 2. The Kier molecular flexibility index (Phi) is 7.13. The van der Waals surface area contributed by atoms with Crippen LogP contribution in [0.3, 0.4) is 0 Å². The van der Waals surface area contributed by atoms with Crippen molar-refractivity contribution in [3.05, 3.63) is 51.9 Å². The van der Waals surface area contributed by atoms with Gasteiger partial charge in [0.05, 0.1) is 12.6 Å². The van der Waals surface area contributed by atoms with Gasteiger partial charge in [0, 0.05) is 12.0 Å². The zero-order chi connectivity index (χ0) is 26.1. The minimum Gasteiger partial charge on any atom is -0.491 e. The first-order chi connectivity index (χ1) is 16.2. The molecular weight excluding hydrogens is 474 g/mol. The summed E-state index contributed by atoms with van der Waals surface area (Å²) >= 11 is 0. The highest BCUT2D eigenvalue weighted by molar-refractivity contribution is 5.94. The summed E-state index contributed by atoms with van der Waals surface area (Å²) in [7, 11) is 0. The molecule has 0 unspecified atom stereocenters. The number of hydrogen-bond acceptors (Lipinski definition) is 5. The van der Waals surface area contributed by atoms with Gasteiger partial charge in [-0.1, -0.05) is 12.1 Å². The smallest absolute Gasteiger partial charge is 0.431 e. The summed E-state index contributed by atoms with van der Waals surface area (Å²) < 4.78 is 65.3. The van der Waals surface area contributed by atoms with Crippen LogP contribution in [0.2, 0.25) is 0 Å². The number of H-pyrrole nitrogens is 1. The molecule has 0 saturated carbocycles. The Morgan fingerprint density at radius 3 is 2.34 bits per heavy atom. The molecule has 1 aliphatic heterocycles. The van der Waals surface area contributed by atoms with E-state index in [9.17, 15) is 31.9 Å². The number of nitrogens with zero attached hydrogens (tertiary/aromatic N) is 1. The van der Waals surface area contributed by atoms with Crippen molar-refractivity contribution in [2.24, 2.45) is 5.73 Å². The molecule has 0 radical (unpaired) electrons. The monoisotopic (exact) mass is 499 g/mol. The molecule has 1 saturated heterocycles. The van der Waals surface area contributed by atoms with E-state index < -0.39 is 58.4 Å². The Morgan fingerprint density at radius 2 is 1.80 bits per heavy atom. The molecule has 190 valence electrons. The van der Waals surface area contributed by atoms with Crippen LogP contribution in [0.15, 0.2) is 35.1 Å². The van der Waals surface area contributed by atoms with Crippen molar-refractivity contribution in [3.63, 3.8) is 0 Å². The van der Waals surface area contributed by atoms with Gasteiger partial charge in [-0.15, -0.1) is 0 Å². The van der Waals surface area contributed by atoms with Gasteiger partial charge in [0.2, 0.25) is 0 Å². The summed E-state index contributed by atoms with van der Waals surface area (Å²) in [5.74, 6) is -0.910. The van der Waals surface area contributed by atoms with E-state index in [4.69, 9.17) is 15.2 Å². The van der Waals surface area contributed by atoms with Gasteiger partial charge >= 0.3 is 12.3 Å². The van der Waals surface area contributed by atoms with Gasteiger partial charge in [0.15, 0.2) is 0 Å². The van der Waals surface area contributed by atoms with Crippen molar-refractivity contribution in [3.8, 4) is 16.9 Å². The highest BCUT2D eigenvalue weighted by Crippen LogP contribution is 2.36. The van der Waals surface area contributed by atoms with E-state index in [1.165, 1.54) is 29.2 Å². The Balaban J connectivity index is 1.79. The van der Waals surface area contributed by atoms with E-state index in [0.717, 1.165) is 6.07 Å². The summed E-state index contributed by atoms with van der Waals surface area (Å²) in [4.78, 5) is 38.6. The number of nitrogens with two attached hydrogens (primary N) is 1. The van der Waals surface area contributed by atoms with Crippen molar-refractivity contribution in [1.29, 1.82) is 0 Å². The molecule has 0 spiro atoms. The molecule has 12 heteroatoms. The Hall–Kier alpha value is -3.57. The molecule has 2 amide bonds. The van der Waals surface area contributed by atoms with Gasteiger partial charge in [-0.3, -0.25) is 14.5 Å². The molecule has 0 bridgehead atoms. The molecule has 2 atom stereocenters. The molecule has 1 aromatic carbocycles. The lowest BCUT2D eigenvalue weighted by molar-refractivity contribution is -0.140. The van der Waals surface area contributed by atoms with Gasteiger partial charge < -0.3 is 20.2 Å². The van der Waals surface area contributed by atoms with Gasteiger partial charge in [0.1, 0.15) is 35.4 Å². The molecule has 8 nitrogen and oxygen atoms in total. The fraction of sp³-hybridized carbons (Fsp3) is 0.435. The maximum absolute atomic E-state index is 14.0. The maximum atomic E-state index is 14.0. The van der Waals surface area contributed by atoms with Crippen molar-refractivity contribution >= 4 is 12.0 Å². The molecule has 1 aliphatic rings. The number of benzene rings is 1. The minimum atomic E-state index is -4.89. The van der Waals surface area contributed by atoms with Crippen LogP contribution in [-0.2, 0) is 10.9 Å². The molecule has 0 aliphatic carbocycles. The highest BCUT2D eigenvalue weighted by atomic mass is 19.4. The van der Waals surface area contributed by atoms with Crippen molar-refractivity contribution in [1.82, 2.24) is 9.88 Å².